The Kier molecular flexibility index (Phi) is 4.80. The van der Waals surface area contributed by atoms with Gasteiger partial charge in [0.2, 0.25) is 0 Å². The van der Waals surface area contributed by atoms with Gasteiger partial charge in [0.15, 0.2) is 0 Å². The van der Waals surface area contributed by atoms with Crippen molar-refractivity contribution in [3.05, 3.63) is 50.6 Å². The summed E-state index contributed by atoms with van der Waals surface area (Å²) in [7, 11) is 4.18. The summed E-state index contributed by atoms with van der Waals surface area (Å²) in [5.74, 6) is 0. The van der Waals surface area contributed by atoms with Gasteiger partial charge in [-0.2, -0.15) is 0 Å². The normalized spacial score (nSPS) is 10.9. The molecule has 0 unspecified atom stereocenters. The Morgan fingerprint density at radius 1 is 1.28 bits per heavy atom. The maximum absolute atomic E-state index is 3.51. The van der Waals surface area contributed by atoms with E-state index in [-0.39, 0.29) is 0 Å². The largest absolute Gasteiger partial charge is 0.380 e. The van der Waals surface area contributed by atoms with Crippen LogP contribution in [0, 0.1) is 0 Å². The monoisotopic (exact) mass is 324 g/mol. The van der Waals surface area contributed by atoms with Gasteiger partial charge >= 0.3 is 0 Å². The molecule has 0 saturated heterocycles. The van der Waals surface area contributed by atoms with E-state index in [1.807, 2.05) is 0 Å². The van der Waals surface area contributed by atoms with Gasteiger partial charge in [0.25, 0.3) is 0 Å². The standard InChI is InChI=1S/C14H17BrN2S/c1-17(2)9-11-5-3-4-6-14(11)16-8-13-7-12(15)10-18-13/h3-7,10,16H,8-9H2,1-2H3. The van der Waals surface area contributed by atoms with Gasteiger partial charge in [-0.05, 0) is 47.7 Å². The van der Waals surface area contributed by atoms with E-state index in [1.165, 1.54) is 16.1 Å². The Bertz CT molecular complexity index is 508. The fourth-order valence-electron chi connectivity index (χ4n) is 1.80. The van der Waals surface area contributed by atoms with E-state index < -0.39 is 0 Å². The molecule has 0 aliphatic rings. The van der Waals surface area contributed by atoms with E-state index >= 15 is 0 Å². The van der Waals surface area contributed by atoms with Crippen molar-refractivity contribution in [1.82, 2.24) is 4.90 Å². The van der Waals surface area contributed by atoms with Crippen molar-refractivity contribution in [2.45, 2.75) is 13.1 Å². The molecule has 0 bridgehead atoms. The van der Waals surface area contributed by atoms with Crippen LogP contribution in [0.5, 0.6) is 0 Å². The highest BCUT2D eigenvalue weighted by Crippen LogP contribution is 2.22. The number of para-hydroxylation sites is 1. The predicted octanol–water partition coefficient (Wildman–Crippen LogP) is 4.18. The molecule has 0 spiro atoms. The Hall–Kier alpha value is -0.840. The minimum atomic E-state index is 0.876. The lowest BCUT2D eigenvalue weighted by Crippen LogP contribution is -2.12. The molecule has 4 heteroatoms. The topological polar surface area (TPSA) is 15.3 Å². The Morgan fingerprint density at radius 3 is 2.72 bits per heavy atom. The van der Waals surface area contributed by atoms with Gasteiger partial charge in [-0.25, -0.2) is 0 Å². The maximum atomic E-state index is 3.51. The second-order valence-electron chi connectivity index (χ2n) is 4.48. The highest BCUT2D eigenvalue weighted by molar-refractivity contribution is 9.10. The summed E-state index contributed by atoms with van der Waals surface area (Å²) in [6.45, 7) is 1.83. The first-order chi connectivity index (χ1) is 8.65. The predicted molar refractivity (Wildman–Crippen MR) is 83.2 cm³/mol. The van der Waals surface area contributed by atoms with Crippen molar-refractivity contribution in [1.29, 1.82) is 0 Å². The molecule has 0 amide bonds. The lowest BCUT2D eigenvalue weighted by Gasteiger charge is -2.15. The van der Waals surface area contributed by atoms with Gasteiger partial charge in [-0.3, -0.25) is 0 Å². The van der Waals surface area contributed by atoms with E-state index in [2.05, 4.69) is 76.0 Å². The molecule has 2 rings (SSSR count). The summed E-state index contributed by atoms with van der Waals surface area (Å²) in [5.41, 5.74) is 2.55. The van der Waals surface area contributed by atoms with E-state index in [0.717, 1.165) is 17.6 Å². The average molecular weight is 325 g/mol. The molecule has 18 heavy (non-hydrogen) atoms. The van der Waals surface area contributed by atoms with Gasteiger partial charge in [-0.15, -0.1) is 11.3 Å². The summed E-state index contributed by atoms with van der Waals surface area (Å²) < 4.78 is 1.16. The molecule has 1 N–H and O–H groups in total. The molecule has 0 fully saturated rings. The second-order valence-corrected chi connectivity index (χ2v) is 6.39. The minimum Gasteiger partial charge on any atom is -0.380 e. The first kappa shape index (κ1) is 13.6. The molecule has 0 aliphatic heterocycles. The summed E-state index contributed by atoms with van der Waals surface area (Å²) in [6, 6.07) is 10.6. The number of halogens is 1. The zero-order valence-corrected chi connectivity index (χ0v) is 13.0. The molecule has 1 aromatic carbocycles. The van der Waals surface area contributed by atoms with Gasteiger partial charge < -0.3 is 10.2 Å². The third-order valence-corrected chi connectivity index (χ3v) is 4.28. The van der Waals surface area contributed by atoms with Crippen LogP contribution in [0.25, 0.3) is 0 Å². The van der Waals surface area contributed by atoms with Gasteiger partial charge in [-0.1, -0.05) is 18.2 Å². The fraction of sp³-hybridized carbons (Fsp3) is 0.286. The smallest absolute Gasteiger partial charge is 0.0494 e. The van der Waals surface area contributed by atoms with Crippen molar-refractivity contribution in [3.8, 4) is 0 Å². The summed E-state index contributed by atoms with van der Waals surface area (Å²) in [4.78, 5) is 3.52. The van der Waals surface area contributed by atoms with Crippen LogP contribution >= 0.6 is 27.3 Å². The maximum Gasteiger partial charge on any atom is 0.0494 e. The van der Waals surface area contributed by atoms with E-state index in [9.17, 15) is 0 Å². The van der Waals surface area contributed by atoms with Gasteiger partial charge in [0, 0.05) is 33.5 Å². The van der Waals surface area contributed by atoms with Crippen LogP contribution in [-0.2, 0) is 13.1 Å². The highest BCUT2D eigenvalue weighted by atomic mass is 79.9. The number of nitrogens with one attached hydrogen (secondary N) is 1. The number of hydrogen-bond acceptors (Lipinski definition) is 3. The van der Waals surface area contributed by atoms with Crippen LogP contribution < -0.4 is 5.32 Å². The van der Waals surface area contributed by atoms with Crippen LogP contribution in [-0.4, -0.2) is 19.0 Å². The molecule has 1 aromatic heterocycles. The summed E-state index contributed by atoms with van der Waals surface area (Å²) in [6.07, 6.45) is 0. The van der Waals surface area contributed by atoms with E-state index in [4.69, 9.17) is 0 Å². The Morgan fingerprint density at radius 2 is 2.06 bits per heavy atom. The molecule has 0 radical (unpaired) electrons. The average Bonchev–Trinajstić information content (AvgIpc) is 2.73. The zero-order chi connectivity index (χ0) is 13.0. The number of anilines is 1. The number of hydrogen-bond donors (Lipinski definition) is 1. The molecular weight excluding hydrogens is 308 g/mol. The highest BCUT2D eigenvalue weighted by Gasteiger charge is 2.03. The molecule has 0 saturated carbocycles. The van der Waals surface area contributed by atoms with Gasteiger partial charge in [0.05, 0.1) is 0 Å². The van der Waals surface area contributed by atoms with Crippen molar-refractivity contribution in [2.24, 2.45) is 0 Å². The van der Waals surface area contributed by atoms with Gasteiger partial charge in [0.1, 0.15) is 0 Å². The van der Waals surface area contributed by atoms with Crippen LogP contribution in [0.15, 0.2) is 40.2 Å². The molecule has 96 valence electrons. The van der Waals surface area contributed by atoms with Crippen LogP contribution in [0.1, 0.15) is 10.4 Å². The quantitative estimate of drug-likeness (QED) is 0.887. The molecule has 2 aromatic rings. The first-order valence-corrected chi connectivity index (χ1v) is 7.52. The molecule has 0 aliphatic carbocycles. The van der Waals surface area contributed by atoms with Crippen molar-refractivity contribution >= 4 is 33.0 Å². The Balaban J connectivity index is 2.04. The van der Waals surface area contributed by atoms with Crippen LogP contribution in [0.2, 0.25) is 0 Å². The SMILES string of the molecule is CN(C)Cc1ccccc1NCc1cc(Br)cs1. The third-order valence-electron chi connectivity index (χ3n) is 2.58. The van der Waals surface area contributed by atoms with Crippen LogP contribution in [0.4, 0.5) is 5.69 Å². The molecule has 1 heterocycles. The number of thiophene rings is 1. The van der Waals surface area contributed by atoms with Crippen molar-refractivity contribution in [2.75, 3.05) is 19.4 Å². The second kappa shape index (κ2) is 6.36. The number of benzene rings is 1. The molecule has 2 nitrogen and oxygen atoms in total. The lowest BCUT2D eigenvalue weighted by atomic mass is 10.1. The number of rotatable bonds is 5. The van der Waals surface area contributed by atoms with E-state index in [0.29, 0.717) is 0 Å². The zero-order valence-electron chi connectivity index (χ0n) is 10.6. The van der Waals surface area contributed by atoms with Crippen LogP contribution in [0.3, 0.4) is 0 Å². The van der Waals surface area contributed by atoms with Crippen molar-refractivity contribution in [3.63, 3.8) is 0 Å². The van der Waals surface area contributed by atoms with E-state index in [1.54, 1.807) is 11.3 Å². The Labute approximate surface area is 121 Å². The fourth-order valence-corrected chi connectivity index (χ4v) is 3.19. The minimum absolute atomic E-state index is 0.876. The third kappa shape index (κ3) is 3.83. The first-order valence-electron chi connectivity index (χ1n) is 5.84. The molecular formula is C14H17BrN2S. The lowest BCUT2D eigenvalue weighted by molar-refractivity contribution is 0.403. The number of nitrogens with zero attached hydrogens (tertiary/aromatic N) is 1. The summed E-state index contributed by atoms with van der Waals surface area (Å²) in [5, 5.41) is 5.62. The van der Waals surface area contributed by atoms with Crippen molar-refractivity contribution < 1.29 is 0 Å². The molecule has 0 atom stereocenters. The summed E-state index contributed by atoms with van der Waals surface area (Å²) >= 11 is 5.25.